The minimum absolute atomic E-state index is 0.180. The van der Waals surface area contributed by atoms with E-state index in [-0.39, 0.29) is 24.9 Å². The SMILES string of the molecule is Cc1cccc(C(=O)NCCNC(=O)CNC(=O)OC(C)(C)C)c1. The molecule has 0 saturated carbocycles. The Bertz CT molecular complexity index is 594. The van der Waals surface area contributed by atoms with Crippen molar-refractivity contribution in [3.05, 3.63) is 35.4 Å². The van der Waals surface area contributed by atoms with Gasteiger partial charge in [0.05, 0.1) is 6.54 Å². The van der Waals surface area contributed by atoms with Gasteiger partial charge >= 0.3 is 6.09 Å². The van der Waals surface area contributed by atoms with Gasteiger partial charge in [0.15, 0.2) is 0 Å². The molecule has 24 heavy (non-hydrogen) atoms. The summed E-state index contributed by atoms with van der Waals surface area (Å²) in [5.41, 5.74) is 0.970. The van der Waals surface area contributed by atoms with Gasteiger partial charge in [0.2, 0.25) is 5.91 Å². The first-order chi connectivity index (χ1) is 11.2. The van der Waals surface area contributed by atoms with Crippen LogP contribution in [0.3, 0.4) is 0 Å². The third-order valence-electron chi connectivity index (χ3n) is 2.81. The molecular weight excluding hydrogens is 310 g/mol. The molecule has 1 aromatic carbocycles. The van der Waals surface area contributed by atoms with E-state index in [1.807, 2.05) is 19.1 Å². The predicted octanol–water partition coefficient (Wildman–Crippen LogP) is 1.37. The van der Waals surface area contributed by atoms with Crippen LogP contribution >= 0.6 is 0 Å². The Morgan fingerprint density at radius 3 is 2.33 bits per heavy atom. The summed E-state index contributed by atoms with van der Waals surface area (Å²) in [6, 6.07) is 7.24. The van der Waals surface area contributed by atoms with Crippen LogP contribution in [0.5, 0.6) is 0 Å². The standard InChI is InChI=1S/C17H25N3O4/c1-12-6-5-7-13(10-12)15(22)19-9-8-18-14(21)11-20-16(23)24-17(2,3)4/h5-7,10H,8-9,11H2,1-4H3,(H,18,21)(H,19,22)(H,20,23). The van der Waals surface area contributed by atoms with E-state index < -0.39 is 11.7 Å². The summed E-state index contributed by atoms with van der Waals surface area (Å²) >= 11 is 0. The molecule has 3 amide bonds. The molecule has 0 radical (unpaired) electrons. The Hall–Kier alpha value is -2.57. The van der Waals surface area contributed by atoms with E-state index in [1.54, 1.807) is 32.9 Å². The number of hydrogen-bond acceptors (Lipinski definition) is 4. The van der Waals surface area contributed by atoms with Gasteiger partial charge in [0.1, 0.15) is 5.60 Å². The largest absolute Gasteiger partial charge is 0.444 e. The van der Waals surface area contributed by atoms with Crippen molar-refractivity contribution in [1.82, 2.24) is 16.0 Å². The molecule has 1 aromatic rings. The van der Waals surface area contributed by atoms with Crippen LogP contribution in [0.25, 0.3) is 0 Å². The fourth-order valence-corrected chi connectivity index (χ4v) is 1.80. The number of aryl methyl sites for hydroxylation is 1. The lowest BCUT2D eigenvalue weighted by Crippen LogP contribution is -2.42. The minimum Gasteiger partial charge on any atom is -0.444 e. The van der Waals surface area contributed by atoms with Crippen molar-refractivity contribution in [2.75, 3.05) is 19.6 Å². The first-order valence-corrected chi connectivity index (χ1v) is 7.76. The van der Waals surface area contributed by atoms with E-state index in [2.05, 4.69) is 16.0 Å². The predicted molar refractivity (Wildman–Crippen MR) is 90.8 cm³/mol. The van der Waals surface area contributed by atoms with Crippen molar-refractivity contribution in [3.8, 4) is 0 Å². The highest BCUT2D eigenvalue weighted by Crippen LogP contribution is 2.06. The molecule has 7 nitrogen and oxygen atoms in total. The van der Waals surface area contributed by atoms with Crippen LogP contribution in [0, 0.1) is 6.92 Å². The van der Waals surface area contributed by atoms with Gasteiger partial charge in [0.25, 0.3) is 5.91 Å². The number of benzene rings is 1. The Labute approximate surface area is 142 Å². The summed E-state index contributed by atoms with van der Waals surface area (Å²) in [6.45, 7) is 7.52. The van der Waals surface area contributed by atoms with E-state index >= 15 is 0 Å². The molecule has 3 N–H and O–H groups in total. The second-order valence-corrected chi connectivity index (χ2v) is 6.33. The average molecular weight is 335 g/mol. The maximum Gasteiger partial charge on any atom is 0.408 e. The third kappa shape index (κ3) is 8.17. The number of carbonyl (C=O) groups excluding carboxylic acids is 3. The number of carbonyl (C=O) groups is 3. The highest BCUT2D eigenvalue weighted by Gasteiger charge is 2.16. The minimum atomic E-state index is -0.648. The summed E-state index contributed by atoms with van der Waals surface area (Å²) in [4.78, 5) is 34.9. The molecule has 0 unspecified atom stereocenters. The lowest BCUT2D eigenvalue weighted by molar-refractivity contribution is -0.120. The van der Waals surface area contributed by atoms with Crippen molar-refractivity contribution in [3.63, 3.8) is 0 Å². The molecule has 132 valence electrons. The van der Waals surface area contributed by atoms with Gasteiger partial charge < -0.3 is 20.7 Å². The molecule has 0 spiro atoms. The van der Waals surface area contributed by atoms with Gasteiger partial charge in [-0.15, -0.1) is 0 Å². The first-order valence-electron chi connectivity index (χ1n) is 7.76. The molecule has 0 saturated heterocycles. The maximum atomic E-state index is 11.9. The van der Waals surface area contributed by atoms with Crippen LogP contribution in [0.2, 0.25) is 0 Å². The highest BCUT2D eigenvalue weighted by atomic mass is 16.6. The molecule has 0 aromatic heterocycles. The first kappa shape index (κ1) is 19.5. The summed E-state index contributed by atoms with van der Waals surface area (Å²) in [6.07, 6.45) is -0.648. The zero-order valence-corrected chi connectivity index (χ0v) is 14.6. The Kier molecular flexibility index (Phi) is 7.23. The van der Waals surface area contributed by atoms with Crippen molar-refractivity contribution in [2.24, 2.45) is 0 Å². The summed E-state index contributed by atoms with van der Waals surface area (Å²) in [5, 5.41) is 7.67. The van der Waals surface area contributed by atoms with E-state index in [1.165, 1.54) is 0 Å². The molecule has 0 aliphatic heterocycles. The Morgan fingerprint density at radius 2 is 1.71 bits per heavy atom. The van der Waals surface area contributed by atoms with E-state index in [9.17, 15) is 14.4 Å². The molecule has 7 heteroatoms. The number of rotatable bonds is 6. The number of alkyl carbamates (subject to hydrolysis) is 1. The third-order valence-corrected chi connectivity index (χ3v) is 2.81. The molecule has 0 aliphatic carbocycles. The fraction of sp³-hybridized carbons (Fsp3) is 0.471. The van der Waals surface area contributed by atoms with E-state index in [0.717, 1.165) is 5.56 Å². The molecule has 0 aliphatic rings. The lowest BCUT2D eigenvalue weighted by atomic mass is 10.1. The van der Waals surface area contributed by atoms with Crippen molar-refractivity contribution < 1.29 is 19.1 Å². The monoisotopic (exact) mass is 335 g/mol. The second-order valence-electron chi connectivity index (χ2n) is 6.33. The summed E-state index contributed by atoms with van der Waals surface area (Å²) < 4.78 is 5.02. The molecular formula is C17H25N3O4. The fourth-order valence-electron chi connectivity index (χ4n) is 1.80. The zero-order valence-electron chi connectivity index (χ0n) is 14.6. The molecule has 1 rings (SSSR count). The van der Waals surface area contributed by atoms with Gasteiger partial charge in [-0.3, -0.25) is 9.59 Å². The van der Waals surface area contributed by atoms with Crippen molar-refractivity contribution in [1.29, 1.82) is 0 Å². The van der Waals surface area contributed by atoms with Crippen LogP contribution in [-0.2, 0) is 9.53 Å². The van der Waals surface area contributed by atoms with E-state index in [4.69, 9.17) is 4.74 Å². The van der Waals surface area contributed by atoms with Gasteiger partial charge in [-0.1, -0.05) is 17.7 Å². The Balaban J connectivity index is 2.19. The van der Waals surface area contributed by atoms with Gasteiger partial charge in [-0.25, -0.2) is 4.79 Å². The lowest BCUT2D eigenvalue weighted by Gasteiger charge is -2.19. The molecule has 0 atom stereocenters. The van der Waals surface area contributed by atoms with Gasteiger partial charge in [-0.05, 0) is 39.8 Å². The molecule has 0 fully saturated rings. The summed E-state index contributed by atoms with van der Waals surface area (Å²) in [7, 11) is 0. The van der Waals surface area contributed by atoms with Gasteiger partial charge in [-0.2, -0.15) is 0 Å². The second kappa shape index (κ2) is 8.90. The number of hydrogen-bond donors (Lipinski definition) is 3. The van der Waals surface area contributed by atoms with Gasteiger partial charge in [0, 0.05) is 18.7 Å². The number of amides is 3. The smallest absolute Gasteiger partial charge is 0.408 e. The number of nitrogens with one attached hydrogen (secondary N) is 3. The van der Waals surface area contributed by atoms with Crippen molar-refractivity contribution >= 4 is 17.9 Å². The van der Waals surface area contributed by atoms with E-state index in [0.29, 0.717) is 12.1 Å². The zero-order chi connectivity index (χ0) is 18.2. The van der Waals surface area contributed by atoms with Crippen LogP contribution in [0.15, 0.2) is 24.3 Å². The quantitative estimate of drug-likeness (QED) is 0.684. The molecule has 0 heterocycles. The Morgan fingerprint density at radius 1 is 1.04 bits per heavy atom. The van der Waals surface area contributed by atoms with Crippen LogP contribution in [0.1, 0.15) is 36.7 Å². The normalized spacial score (nSPS) is 10.7. The van der Waals surface area contributed by atoms with Crippen LogP contribution in [-0.4, -0.2) is 43.1 Å². The highest BCUT2D eigenvalue weighted by molar-refractivity contribution is 5.94. The maximum absolute atomic E-state index is 11.9. The van der Waals surface area contributed by atoms with Crippen molar-refractivity contribution in [2.45, 2.75) is 33.3 Å². The molecule has 0 bridgehead atoms. The number of ether oxygens (including phenoxy) is 1. The van der Waals surface area contributed by atoms with Crippen LogP contribution < -0.4 is 16.0 Å². The average Bonchev–Trinajstić information content (AvgIpc) is 2.47. The topological polar surface area (TPSA) is 96.5 Å². The van der Waals surface area contributed by atoms with Crippen LogP contribution in [0.4, 0.5) is 4.79 Å². The summed E-state index contributed by atoms with van der Waals surface area (Å²) in [5.74, 6) is -0.550.